The van der Waals surface area contributed by atoms with Crippen molar-refractivity contribution in [2.45, 2.75) is 19.4 Å². The molecule has 99 valence electrons. The molecule has 3 heteroatoms. The molecule has 2 aromatic carbocycles. The van der Waals surface area contributed by atoms with E-state index in [1.54, 1.807) is 0 Å². The second kappa shape index (κ2) is 4.64. The Hall–Kier alpha value is -1.80. The smallest absolute Gasteiger partial charge is 0.201 e. The van der Waals surface area contributed by atoms with Crippen molar-refractivity contribution in [3.05, 3.63) is 70.1 Å². The van der Waals surface area contributed by atoms with Gasteiger partial charge in [-0.2, -0.15) is 0 Å². The summed E-state index contributed by atoms with van der Waals surface area (Å²) in [5.74, 6) is 1.97. The van der Waals surface area contributed by atoms with Crippen molar-refractivity contribution in [2.75, 3.05) is 0 Å². The van der Waals surface area contributed by atoms with Crippen LogP contribution in [0.5, 0.6) is 0 Å². The molecule has 2 aromatic rings. The molecule has 4 rings (SSSR count). The highest BCUT2D eigenvalue weighted by Gasteiger charge is 2.30. The Bertz CT molecular complexity index is 708. The van der Waals surface area contributed by atoms with Crippen molar-refractivity contribution in [3.63, 3.8) is 0 Å². The first-order valence-electron chi connectivity index (χ1n) is 6.76. The number of benzene rings is 2. The lowest BCUT2D eigenvalue weighted by Gasteiger charge is -2.21. The fourth-order valence-electron chi connectivity index (χ4n) is 2.88. The zero-order valence-electron chi connectivity index (χ0n) is 10.9. The lowest BCUT2D eigenvalue weighted by atomic mass is 10.0. The van der Waals surface area contributed by atoms with Crippen LogP contribution in [0.4, 0.5) is 5.69 Å². The molecule has 0 unspecified atom stereocenters. The molecule has 0 spiro atoms. The van der Waals surface area contributed by atoms with Gasteiger partial charge in [0, 0.05) is 10.6 Å². The van der Waals surface area contributed by atoms with Crippen LogP contribution < -0.4 is 0 Å². The van der Waals surface area contributed by atoms with E-state index in [2.05, 4.69) is 29.3 Å². The number of rotatable bonds is 1. The van der Waals surface area contributed by atoms with E-state index in [1.807, 2.05) is 18.2 Å². The predicted octanol–water partition coefficient (Wildman–Crippen LogP) is 4.47. The zero-order chi connectivity index (χ0) is 13.5. The van der Waals surface area contributed by atoms with E-state index in [4.69, 9.17) is 16.3 Å². The highest BCUT2D eigenvalue weighted by molar-refractivity contribution is 6.31. The van der Waals surface area contributed by atoms with Gasteiger partial charge >= 0.3 is 0 Å². The molecule has 0 bridgehead atoms. The number of halogens is 1. The van der Waals surface area contributed by atoms with Crippen molar-refractivity contribution in [3.8, 4) is 0 Å². The van der Waals surface area contributed by atoms with Crippen LogP contribution in [0.1, 0.15) is 23.1 Å². The SMILES string of the molecule is Clc1cccc2c1COC([C]1CCc3ccccc31)=N2. The molecule has 0 saturated carbocycles. The first kappa shape index (κ1) is 12.0. The first-order valence-corrected chi connectivity index (χ1v) is 7.14. The van der Waals surface area contributed by atoms with Gasteiger partial charge in [-0.3, -0.25) is 0 Å². The molecule has 0 atom stereocenters. The summed E-state index contributed by atoms with van der Waals surface area (Å²) < 4.78 is 5.85. The van der Waals surface area contributed by atoms with Crippen LogP contribution in [0.25, 0.3) is 0 Å². The summed E-state index contributed by atoms with van der Waals surface area (Å²) in [4.78, 5) is 4.66. The minimum Gasteiger partial charge on any atom is -0.475 e. The Morgan fingerprint density at radius 2 is 1.90 bits per heavy atom. The van der Waals surface area contributed by atoms with Gasteiger partial charge in [-0.05, 0) is 36.1 Å². The topological polar surface area (TPSA) is 21.6 Å². The van der Waals surface area contributed by atoms with Crippen LogP contribution >= 0.6 is 11.6 Å². The molecule has 0 saturated heterocycles. The van der Waals surface area contributed by atoms with Crippen LogP contribution in [0, 0.1) is 5.92 Å². The molecule has 1 heterocycles. The van der Waals surface area contributed by atoms with Crippen molar-refractivity contribution < 1.29 is 4.74 Å². The number of ether oxygens (including phenoxy) is 1. The largest absolute Gasteiger partial charge is 0.475 e. The minimum atomic E-state index is 0.500. The molecule has 1 aliphatic heterocycles. The van der Waals surface area contributed by atoms with Crippen LogP contribution in [0.3, 0.4) is 0 Å². The van der Waals surface area contributed by atoms with E-state index in [0.29, 0.717) is 6.61 Å². The van der Waals surface area contributed by atoms with Crippen molar-refractivity contribution >= 4 is 23.2 Å². The predicted molar refractivity (Wildman–Crippen MR) is 80.4 cm³/mol. The van der Waals surface area contributed by atoms with Crippen LogP contribution in [-0.2, 0) is 17.8 Å². The van der Waals surface area contributed by atoms with Crippen molar-refractivity contribution in [2.24, 2.45) is 4.99 Å². The van der Waals surface area contributed by atoms with Crippen molar-refractivity contribution in [1.82, 2.24) is 0 Å². The molecule has 0 amide bonds. The van der Waals surface area contributed by atoms with Gasteiger partial charge in [-0.1, -0.05) is 41.9 Å². The van der Waals surface area contributed by atoms with Gasteiger partial charge in [0.1, 0.15) is 6.61 Å². The molecular formula is C17H13ClNO. The summed E-state index contributed by atoms with van der Waals surface area (Å²) in [6, 6.07) is 14.3. The standard InChI is InChI=1S/C17H13ClNO/c18-15-6-3-7-16-14(15)10-20-17(19-16)13-9-8-11-4-1-2-5-12(11)13/h1-7H,8-10H2. The lowest BCUT2D eigenvalue weighted by molar-refractivity contribution is 0.283. The van der Waals surface area contributed by atoms with E-state index in [9.17, 15) is 0 Å². The Morgan fingerprint density at radius 1 is 1.00 bits per heavy atom. The zero-order valence-corrected chi connectivity index (χ0v) is 11.7. The van der Waals surface area contributed by atoms with Gasteiger partial charge < -0.3 is 4.74 Å². The monoisotopic (exact) mass is 282 g/mol. The van der Waals surface area contributed by atoms with Gasteiger partial charge in [-0.15, -0.1) is 0 Å². The summed E-state index contributed by atoms with van der Waals surface area (Å²) >= 11 is 6.17. The Morgan fingerprint density at radius 3 is 2.85 bits per heavy atom. The van der Waals surface area contributed by atoms with Crippen LogP contribution in [-0.4, -0.2) is 5.90 Å². The molecule has 0 aromatic heterocycles. The fourth-order valence-corrected chi connectivity index (χ4v) is 3.10. The van der Waals surface area contributed by atoms with E-state index in [0.717, 1.165) is 35.0 Å². The Balaban J connectivity index is 1.75. The summed E-state index contributed by atoms with van der Waals surface area (Å²) in [5, 5.41) is 0.724. The third-order valence-electron chi connectivity index (χ3n) is 3.91. The number of fused-ring (bicyclic) bond motifs is 2. The van der Waals surface area contributed by atoms with E-state index in [-0.39, 0.29) is 0 Å². The van der Waals surface area contributed by atoms with Gasteiger partial charge in [0.05, 0.1) is 11.6 Å². The summed E-state index contributed by atoms with van der Waals surface area (Å²) in [6.45, 7) is 0.500. The quantitative estimate of drug-likeness (QED) is 0.756. The van der Waals surface area contributed by atoms with Crippen LogP contribution in [0.15, 0.2) is 47.5 Å². The third-order valence-corrected chi connectivity index (χ3v) is 4.27. The van der Waals surface area contributed by atoms with Gasteiger partial charge in [0.2, 0.25) is 5.90 Å². The molecule has 0 N–H and O–H groups in total. The van der Waals surface area contributed by atoms with Gasteiger partial charge in [-0.25, -0.2) is 4.99 Å². The fraction of sp³-hybridized carbons (Fsp3) is 0.176. The Kier molecular flexibility index (Phi) is 2.78. The number of hydrogen-bond acceptors (Lipinski definition) is 2. The maximum Gasteiger partial charge on any atom is 0.201 e. The number of hydrogen-bond donors (Lipinski definition) is 0. The Labute approximate surface area is 123 Å². The summed E-state index contributed by atoms with van der Waals surface area (Å²) in [5.41, 5.74) is 4.56. The van der Waals surface area contributed by atoms with E-state index < -0.39 is 0 Å². The molecule has 20 heavy (non-hydrogen) atoms. The molecule has 0 fully saturated rings. The molecular weight excluding hydrogens is 270 g/mol. The third kappa shape index (κ3) is 1.83. The normalized spacial score (nSPS) is 17.1. The maximum absolute atomic E-state index is 6.17. The summed E-state index contributed by atoms with van der Waals surface area (Å²) in [7, 11) is 0. The first-order chi connectivity index (χ1) is 9.83. The molecule has 1 radical (unpaired) electrons. The summed E-state index contributed by atoms with van der Waals surface area (Å²) in [6.07, 6.45) is 2.06. The molecule has 1 aliphatic carbocycles. The van der Waals surface area contributed by atoms with E-state index in [1.165, 1.54) is 17.0 Å². The average Bonchev–Trinajstić information content (AvgIpc) is 2.91. The number of aryl methyl sites for hydroxylation is 1. The van der Waals surface area contributed by atoms with Gasteiger partial charge in [0.15, 0.2) is 0 Å². The van der Waals surface area contributed by atoms with Crippen molar-refractivity contribution in [1.29, 1.82) is 0 Å². The second-order valence-electron chi connectivity index (χ2n) is 5.08. The number of nitrogens with zero attached hydrogens (tertiary/aromatic N) is 1. The molecule has 2 nitrogen and oxygen atoms in total. The molecule has 2 aliphatic rings. The second-order valence-corrected chi connectivity index (χ2v) is 5.49. The average molecular weight is 283 g/mol. The van der Waals surface area contributed by atoms with Crippen LogP contribution in [0.2, 0.25) is 5.02 Å². The number of aliphatic imine (C=N–C) groups is 1. The maximum atomic E-state index is 6.17. The minimum absolute atomic E-state index is 0.500. The van der Waals surface area contributed by atoms with Gasteiger partial charge in [0.25, 0.3) is 0 Å². The highest BCUT2D eigenvalue weighted by atomic mass is 35.5. The lowest BCUT2D eigenvalue weighted by Crippen LogP contribution is -2.18. The van der Waals surface area contributed by atoms with E-state index >= 15 is 0 Å². The highest BCUT2D eigenvalue weighted by Crippen LogP contribution is 2.38.